The van der Waals surface area contributed by atoms with Crippen LogP contribution in [0.2, 0.25) is 0 Å². The summed E-state index contributed by atoms with van der Waals surface area (Å²) in [5.41, 5.74) is 8.23. The van der Waals surface area contributed by atoms with Crippen LogP contribution in [-0.4, -0.2) is 9.97 Å². The quantitative estimate of drug-likeness (QED) is 0.845. The first kappa shape index (κ1) is 9.15. The number of aromatic nitrogens is 2. The molecule has 4 heteroatoms. The Bertz CT molecular complexity index is 442. The van der Waals surface area contributed by atoms with Gasteiger partial charge in [0.1, 0.15) is 0 Å². The normalized spacial score (nSPS) is 10.1. The third-order valence-corrected chi connectivity index (χ3v) is 2.50. The molecule has 0 fully saturated rings. The van der Waals surface area contributed by atoms with Crippen LogP contribution in [0.25, 0.3) is 11.3 Å². The van der Waals surface area contributed by atoms with Crippen LogP contribution >= 0.6 is 15.9 Å². The van der Waals surface area contributed by atoms with Crippen molar-refractivity contribution in [1.82, 2.24) is 9.97 Å². The van der Waals surface area contributed by atoms with E-state index in [0.29, 0.717) is 5.69 Å². The number of anilines is 1. The Labute approximate surface area is 90.1 Å². The lowest BCUT2D eigenvalue weighted by Crippen LogP contribution is -1.90. The van der Waals surface area contributed by atoms with E-state index in [-0.39, 0.29) is 0 Å². The molecule has 0 aliphatic carbocycles. The summed E-state index contributed by atoms with van der Waals surface area (Å²) in [6.45, 7) is 0. The lowest BCUT2D eigenvalue weighted by Gasteiger charge is -2.02. The Hall–Kier alpha value is -1.42. The summed E-state index contributed by atoms with van der Waals surface area (Å²) < 4.78 is 0.810. The van der Waals surface area contributed by atoms with Gasteiger partial charge >= 0.3 is 0 Å². The van der Waals surface area contributed by atoms with Crippen LogP contribution in [-0.2, 0) is 0 Å². The van der Waals surface area contributed by atoms with Gasteiger partial charge in [0.2, 0.25) is 0 Å². The van der Waals surface area contributed by atoms with Crippen molar-refractivity contribution in [3.63, 3.8) is 0 Å². The maximum Gasteiger partial charge on any atom is 0.0738 e. The van der Waals surface area contributed by atoms with Crippen molar-refractivity contribution in [3.8, 4) is 11.3 Å². The van der Waals surface area contributed by atoms with Crippen molar-refractivity contribution >= 4 is 21.6 Å². The minimum atomic E-state index is 0.679. The molecule has 0 aromatic carbocycles. The summed E-state index contributed by atoms with van der Waals surface area (Å²) in [4.78, 5) is 8.26. The van der Waals surface area contributed by atoms with E-state index < -0.39 is 0 Å². The number of rotatable bonds is 1. The molecule has 2 heterocycles. The zero-order valence-corrected chi connectivity index (χ0v) is 8.90. The monoisotopic (exact) mass is 249 g/mol. The molecule has 0 aliphatic heterocycles. The molecule has 2 aromatic heterocycles. The van der Waals surface area contributed by atoms with E-state index in [1.165, 1.54) is 0 Å². The van der Waals surface area contributed by atoms with Gasteiger partial charge in [-0.1, -0.05) is 0 Å². The number of nitrogens with zero attached hydrogens (tertiary/aromatic N) is 2. The van der Waals surface area contributed by atoms with E-state index in [4.69, 9.17) is 5.73 Å². The third-order valence-electron chi connectivity index (χ3n) is 1.84. The molecule has 2 aromatic rings. The molecule has 3 nitrogen and oxygen atoms in total. The molecule has 0 saturated heterocycles. The van der Waals surface area contributed by atoms with Crippen LogP contribution in [0.1, 0.15) is 0 Å². The van der Waals surface area contributed by atoms with Crippen molar-refractivity contribution in [2.75, 3.05) is 5.73 Å². The van der Waals surface area contributed by atoms with Crippen LogP contribution in [0.15, 0.2) is 41.3 Å². The van der Waals surface area contributed by atoms with E-state index in [2.05, 4.69) is 25.9 Å². The Morgan fingerprint density at radius 3 is 2.79 bits per heavy atom. The fourth-order valence-corrected chi connectivity index (χ4v) is 1.34. The maximum atomic E-state index is 5.75. The largest absolute Gasteiger partial charge is 0.398 e. The highest BCUT2D eigenvalue weighted by molar-refractivity contribution is 9.10. The summed E-state index contributed by atoms with van der Waals surface area (Å²) in [6.07, 6.45) is 5.18. The van der Waals surface area contributed by atoms with Crippen molar-refractivity contribution < 1.29 is 0 Å². The van der Waals surface area contributed by atoms with Gasteiger partial charge in [0.05, 0.1) is 10.2 Å². The smallest absolute Gasteiger partial charge is 0.0738 e. The highest BCUT2D eigenvalue weighted by Crippen LogP contribution is 2.23. The zero-order valence-electron chi connectivity index (χ0n) is 7.31. The molecule has 70 valence electrons. The average Bonchev–Trinajstić information content (AvgIpc) is 2.23. The van der Waals surface area contributed by atoms with Crippen LogP contribution < -0.4 is 5.73 Å². The first-order valence-electron chi connectivity index (χ1n) is 4.09. The Morgan fingerprint density at radius 2 is 2.14 bits per heavy atom. The molecule has 14 heavy (non-hydrogen) atoms. The minimum Gasteiger partial charge on any atom is -0.398 e. The molecule has 0 aliphatic rings. The fourth-order valence-electron chi connectivity index (χ4n) is 1.13. The van der Waals surface area contributed by atoms with Crippen molar-refractivity contribution in [2.45, 2.75) is 0 Å². The van der Waals surface area contributed by atoms with Gasteiger partial charge in [0, 0.05) is 29.8 Å². The summed E-state index contributed by atoms with van der Waals surface area (Å²) in [6, 6.07) is 5.64. The molecule has 0 spiro atoms. The van der Waals surface area contributed by atoms with Crippen molar-refractivity contribution in [3.05, 3.63) is 41.3 Å². The third kappa shape index (κ3) is 1.75. The van der Waals surface area contributed by atoms with E-state index >= 15 is 0 Å². The predicted octanol–water partition coefficient (Wildman–Crippen LogP) is 2.49. The average molecular weight is 250 g/mol. The second-order valence-corrected chi connectivity index (χ2v) is 3.69. The predicted molar refractivity (Wildman–Crippen MR) is 59.6 cm³/mol. The van der Waals surface area contributed by atoms with Gasteiger partial charge in [-0.2, -0.15) is 0 Å². The topological polar surface area (TPSA) is 51.8 Å². The standard InChI is InChI=1S/C10H8BrN3/c11-8-6-14-10(4-9(8)12)7-2-1-3-13-5-7/h1-6H,(H2,12,14). The second kappa shape index (κ2) is 3.75. The van der Waals surface area contributed by atoms with Crippen LogP contribution in [0, 0.1) is 0 Å². The molecule has 0 atom stereocenters. The zero-order chi connectivity index (χ0) is 9.97. The van der Waals surface area contributed by atoms with Crippen LogP contribution in [0.3, 0.4) is 0 Å². The number of halogens is 1. The minimum absolute atomic E-state index is 0.679. The Morgan fingerprint density at radius 1 is 1.29 bits per heavy atom. The number of nitrogens with two attached hydrogens (primary N) is 1. The molecule has 0 bridgehead atoms. The molecular formula is C10H8BrN3. The number of pyridine rings is 2. The van der Waals surface area contributed by atoms with Crippen LogP contribution in [0.4, 0.5) is 5.69 Å². The van der Waals surface area contributed by atoms with Gasteiger partial charge in [-0.15, -0.1) is 0 Å². The second-order valence-electron chi connectivity index (χ2n) is 2.83. The van der Waals surface area contributed by atoms with E-state index in [1.807, 2.05) is 18.2 Å². The molecule has 0 unspecified atom stereocenters. The molecule has 0 saturated carbocycles. The molecular weight excluding hydrogens is 242 g/mol. The summed E-state index contributed by atoms with van der Waals surface area (Å²) in [7, 11) is 0. The molecule has 2 rings (SSSR count). The van der Waals surface area contributed by atoms with Gasteiger partial charge in [0.15, 0.2) is 0 Å². The number of hydrogen-bond acceptors (Lipinski definition) is 3. The first-order chi connectivity index (χ1) is 6.77. The maximum absolute atomic E-state index is 5.75. The van der Waals surface area contributed by atoms with Gasteiger partial charge in [-0.25, -0.2) is 0 Å². The lowest BCUT2D eigenvalue weighted by atomic mass is 10.2. The molecule has 2 N–H and O–H groups in total. The summed E-state index contributed by atoms with van der Waals surface area (Å²) >= 11 is 3.30. The Balaban J connectivity index is 2.48. The van der Waals surface area contributed by atoms with Crippen LogP contribution in [0.5, 0.6) is 0 Å². The lowest BCUT2D eigenvalue weighted by molar-refractivity contribution is 1.27. The molecule has 0 amide bonds. The van der Waals surface area contributed by atoms with E-state index in [9.17, 15) is 0 Å². The van der Waals surface area contributed by atoms with E-state index in [1.54, 1.807) is 18.6 Å². The van der Waals surface area contributed by atoms with Gasteiger partial charge in [-0.3, -0.25) is 9.97 Å². The van der Waals surface area contributed by atoms with Gasteiger partial charge < -0.3 is 5.73 Å². The first-order valence-corrected chi connectivity index (χ1v) is 4.88. The Kier molecular flexibility index (Phi) is 2.45. The van der Waals surface area contributed by atoms with E-state index in [0.717, 1.165) is 15.7 Å². The van der Waals surface area contributed by atoms with Gasteiger partial charge in [-0.05, 0) is 34.1 Å². The molecule has 0 radical (unpaired) electrons. The van der Waals surface area contributed by atoms with Crippen molar-refractivity contribution in [1.29, 1.82) is 0 Å². The number of hydrogen-bond donors (Lipinski definition) is 1. The number of nitrogen functional groups attached to an aromatic ring is 1. The summed E-state index contributed by atoms with van der Waals surface area (Å²) in [5.74, 6) is 0. The SMILES string of the molecule is Nc1cc(-c2cccnc2)ncc1Br. The highest BCUT2D eigenvalue weighted by atomic mass is 79.9. The van der Waals surface area contributed by atoms with Crippen molar-refractivity contribution in [2.24, 2.45) is 0 Å². The summed E-state index contributed by atoms with van der Waals surface area (Å²) in [5, 5.41) is 0. The highest BCUT2D eigenvalue weighted by Gasteiger charge is 2.01. The van der Waals surface area contributed by atoms with Gasteiger partial charge in [0.25, 0.3) is 0 Å². The fraction of sp³-hybridized carbons (Fsp3) is 0.